The Bertz CT molecular complexity index is 78.9. The van der Waals surface area contributed by atoms with Crippen molar-refractivity contribution in [3.63, 3.8) is 0 Å². The summed E-state index contributed by atoms with van der Waals surface area (Å²) in [6.45, 7) is 0. The van der Waals surface area contributed by atoms with Crippen molar-refractivity contribution in [3.05, 3.63) is 0 Å². The molecule has 0 fully saturated rings. The van der Waals surface area contributed by atoms with Crippen LogP contribution in [0.3, 0.4) is 0 Å². The molecule has 0 rings (SSSR count). The molecule has 10 heteroatoms. The first-order valence-electron chi connectivity index (χ1n) is 1.24. The zero-order chi connectivity index (χ0) is 8.08. The fourth-order valence-electron chi connectivity index (χ4n) is 0. The van der Waals surface area contributed by atoms with Gasteiger partial charge in [-0.15, -0.1) is 0 Å². The molecule has 0 aliphatic rings. The summed E-state index contributed by atoms with van der Waals surface area (Å²) in [6.07, 6.45) is -2.33. The SMILES string of the molecule is O=C([O-])[O-].[Li+].[Li+].[O-][Cl+3]([O-])([O-])O. The topological polar surface area (TPSA) is 153 Å². The maximum Gasteiger partial charge on any atom is 1.00 e. The van der Waals surface area contributed by atoms with Crippen LogP contribution in [0.15, 0.2) is 0 Å². The van der Waals surface area contributed by atoms with Gasteiger partial charge in [-0.2, -0.15) is 14.0 Å². The van der Waals surface area contributed by atoms with E-state index >= 15 is 0 Å². The first-order valence-corrected chi connectivity index (χ1v) is 2.51. The molecular weight excluding hydrogens is 173 g/mol. The van der Waals surface area contributed by atoms with Crippen molar-refractivity contribution in [1.82, 2.24) is 0 Å². The summed E-state index contributed by atoms with van der Waals surface area (Å²) >= 11 is 0. The van der Waals surface area contributed by atoms with Gasteiger partial charge in [0.2, 0.25) is 0 Å². The van der Waals surface area contributed by atoms with Gasteiger partial charge in [0.05, 0.1) is 14.9 Å². The van der Waals surface area contributed by atoms with E-state index in [0.29, 0.717) is 0 Å². The van der Waals surface area contributed by atoms with Crippen LogP contribution >= 0.6 is 0 Å². The number of carbonyl (C=O) groups is 1. The van der Waals surface area contributed by atoms with Crippen LogP contribution < -0.4 is 61.9 Å². The van der Waals surface area contributed by atoms with Crippen molar-refractivity contribution in [2.24, 2.45) is 0 Å². The van der Waals surface area contributed by atoms with E-state index in [1.807, 2.05) is 0 Å². The van der Waals surface area contributed by atoms with Gasteiger partial charge in [-0.3, -0.25) is 0 Å². The summed E-state index contributed by atoms with van der Waals surface area (Å²) < 4.78 is 32.7. The van der Waals surface area contributed by atoms with Gasteiger partial charge < -0.3 is 15.0 Å². The minimum absolute atomic E-state index is 0. The van der Waals surface area contributed by atoms with E-state index < -0.39 is 16.4 Å². The van der Waals surface area contributed by atoms with Crippen molar-refractivity contribution >= 4 is 6.16 Å². The summed E-state index contributed by atoms with van der Waals surface area (Å²) in [7, 11) is -4.69. The Morgan fingerprint density at radius 2 is 1.09 bits per heavy atom. The number of carboxylic acid groups (broad SMARTS) is 2. The Hall–Kier alpha value is 0.595. The molecule has 0 aromatic carbocycles. The fourth-order valence-corrected chi connectivity index (χ4v) is 0. The van der Waals surface area contributed by atoms with Crippen LogP contribution in [-0.4, -0.2) is 10.8 Å². The fraction of sp³-hybridized carbons (Fsp3) is 0. The molecule has 0 spiro atoms. The van der Waals surface area contributed by atoms with Crippen LogP contribution in [0.4, 0.5) is 4.79 Å². The average molecular weight is 174 g/mol. The third-order valence-electron chi connectivity index (χ3n) is 0. The molecule has 0 atom stereocenters. The molecule has 0 aromatic rings. The monoisotopic (exact) mass is 174 g/mol. The van der Waals surface area contributed by atoms with Gasteiger partial charge in [0.25, 0.3) is 0 Å². The summed E-state index contributed by atoms with van der Waals surface area (Å²) in [5.74, 6) is 0. The van der Waals surface area contributed by atoms with E-state index in [2.05, 4.69) is 0 Å². The molecule has 0 bridgehead atoms. The van der Waals surface area contributed by atoms with E-state index in [4.69, 9.17) is 33.6 Å². The molecule has 11 heavy (non-hydrogen) atoms. The summed E-state index contributed by atoms with van der Waals surface area (Å²) in [6, 6.07) is 0. The van der Waals surface area contributed by atoms with Crippen molar-refractivity contribution in [2.45, 2.75) is 0 Å². The maximum absolute atomic E-state index is 8.60. The predicted molar refractivity (Wildman–Crippen MR) is 7.61 cm³/mol. The molecule has 0 saturated carbocycles. The van der Waals surface area contributed by atoms with Crippen molar-refractivity contribution in [3.8, 4) is 0 Å². The van der Waals surface area contributed by atoms with Crippen LogP contribution in [0.25, 0.3) is 0 Å². The zero-order valence-electron chi connectivity index (χ0n) is 5.77. The first kappa shape index (κ1) is 22.6. The second-order valence-electron chi connectivity index (χ2n) is 0.646. The van der Waals surface area contributed by atoms with E-state index in [0.717, 1.165) is 0 Å². The van der Waals surface area contributed by atoms with Crippen molar-refractivity contribution in [2.75, 3.05) is 0 Å². The van der Waals surface area contributed by atoms with Crippen LogP contribution in [0, 0.1) is 10.2 Å². The number of carbonyl (C=O) groups excluding carboxylic acids is 1. The number of hydrogen-bond acceptors (Lipinski definition) is 7. The second-order valence-corrected chi connectivity index (χ2v) is 1.44. The largest absolute Gasteiger partial charge is 1.00 e. The Kier molecular flexibility index (Phi) is 21.7. The van der Waals surface area contributed by atoms with Gasteiger partial charge in [-0.05, 0) is 6.16 Å². The normalized spacial score (nSPS) is 7.64. The van der Waals surface area contributed by atoms with E-state index in [1.165, 1.54) is 0 Å². The molecule has 0 amide bonds. The minimum atomic E-state index is -4.69. The van der Waals surface area contributed by atoms with Gasteiger partial charge >= 0.3 is 37.7 Å². The molecule has 56 valence electrons. The summed E-state index contributed by atoms with van der Waals surface area (Å²) in [4.78, 5) is 8.33. The van der Waals surface area contributed by atoms with Crippen LogP contribution in [0.5, 0.6) is 0 Å². The molecule has 7 nitrogen and oxygen atoms in total. The van der Waals surface area contributed by atoms with Crippen molar-refractivity contribution in [1.29, 1.82) is 0 Å². The number of halogens is 1. The quantitative estimate of drug-likeness (QED) is 0.358. The molecule has 0 aromatic heterocycles. The number of hydrogen-bond donors (Lipinski definition) is 1. The Labute approximate surface area is 87.7 Å². The zero-order valence-corrected chi connectivity index (χ0v) is 6.53. The van der Waals surface area contributed by atoms with E-state index in [-0.39, 0.29) is 37.7 Å². The van der Waals surface area contributed by atoms with Crippen molar-refractivity contribution < 1.29 is 81.6 Å². The summed E-state index contributed by atoms with van der Waals surface area (Å²) in [5.41, 5.74) is 0. The molecular formula is CHClLi2O7. The molecule has 0 aliphatic carbocycles. The average Bonchev–Trinajstić information content (AvgIpc) is 1.19. The van der Waals surface area contributed by atoms with Gasteiger partial charge in [-0.1, -0.05) is 0 Å². The number of rotatable bonds is 0. The molecule has 0 radical (unpaired) electrons. The Balaban J connectivity index is -0.0000000383. The van der Waals surface area contributed by atoms with Crippen LogP contribution in [-0.2, 0) is 0 Å². The van der Waals surface area contributed by atoms with Crippen LogP contribution in [0.1, 0.15) is 0 Å². The molecule has 0 aliphatic heterocycles. The second kappa shape index (κ2) is 10.6. The molecule has 0 unspecified atom stereocenters. The van der Waals surface area contributed by atoms with Gasteiger partial charge in [0.15, 0.2) is 0 Å². The Morgan fingerprint density at radius 3 is 1.09 bits per heavy atom. The summed E-state index contributed by atoms with van der Waals surface area (Å²) in [5, 5.41) is 16.7. The minimum Gasteiger partial charge on any atom is -0.652 e. The molecule has 1 N–H and O–H groups in total. The predicted octanol–water partition coefficient (Wildman–Crippen LogP) is -12.6. The van der Waals surface area contributed by atoms with E-state index in [9.17, 15) is 0 Å². The van der Waals surface area contributed by atoms with Crippen LogP contribution in [0.2, 0.25) is 0 Å². The van der Waals surface area contributed by atoms with Gasteiger partial charge in [0.1, 0.15) is 0 Å². The van der Waals surface area contributed by atoms with E-state index in [1.54, 1.807) is 0 Å². The van der Waals surface area contributed by atoms with Gasteiger partial charge in [-0.25, -0.2) is 0 Å². The van der Waals surface area contributed by atoms with Gasteiger partial charge in [0, 0.05) is 0 Å². The third kappa shape index (κ3) is 2210. The molecule has 0 saturated heterocycles. The maximum atomic E-state index is 8.60. The smallest absolute Gasteiger partial charge is 0.652 e. The first-order chi connectivity index (χ1) is 3.73. The Morgan fingerprint density at radius 1 is 1.09 bits per heavy atom. The third-order valence-corrected chi connectivity index (χ3v) is 0. The molecule has 0 heterocycles. The standard InChI is InChI=1S/CH2O3.ClHO4.2Li/c2-1(3)4;2-1(3,4)5;;/h(H2,2,3,4);(H,2,3,4,5);;/q;;2*+1/p-2.